The van der Waals surface area contributed by atoms with Gasteiger partial charge < -0.3 is 29.6 Å². The Kier molecular flexibility index (Phi) is 7.74. The van der Waals surface area contributed by atoms with E-state index in [1.165, 1.54) is 20.4 Å². The summed E-state index contributed by atoms with van der Waals surface area (Å²) in [5.41, 5.74) is 1.06. The predicted octanol–water partition coefficient (Wildman–Crippen LogP) is 3.03. The maximum Gasteiger partial charge on any atom is 0.223 e. The van der Waals surface area contributed by atoms with Crippen LogP contribution < -0.4 is 24.8 Å². The van der Waals surface area contributed by atoms with Gasteiger partial charge in [-0.25, -0.2) is 9.97 Å². The lowest BCUT2D eigenvalue weighted by molar-refractivity contribution is -0.116. The molecule has 1 heterocycles. The van der Waals surface area contributed by atoms with Gasteiger partial charge in [-0.1, -0.05) is 6.07 Å². The molecule has 0 bridgehead atoms. The molecule has 2 N–H and O–H groups in total. The molecule has 0 saturated carbocycles. The first-order valence-electron chi connectivity index (χ1n) is 11.2. The fourth-order valence-electron chi connectivity index (χ4n) is 3.48. The molecule has 1 amide bonds. The molecule has 1 aliphatic rings. The van der Waals surface area contributed by atoms with Gasteiger partial charge >= 0.3 is 0 Å². The number of ketones is 2. The minimum Gasteiger partial charge on any atom is -0.493 e. The number of fused-ring (bicyclic) bond motifs is 1. The predicted molar refractivity (Wildman–Crippen MR) is 135 cm³/mol. The summed E-state index contributed by atoms with van der Waals surface area (Å²) in [4.78, 5) is 45.3. The number of carbonyl (C=O) groups excluding carboxylic acids is 3. The number of carbonyl (C=O) groups is 3. The summed E-state index contributed by atoms with van der Waals surface area (Å²) in [6, 6.07) is 9.86. The molecule has 3 aromatic rings. The molecule has 1 aliphatic carbocycles. The number of methoxy groups -OCH3 is 2. The Balaban J connectivity index is 1.54. The summed E-state index contributed by atoms with van der Waals surface area (Å²) in [6.07, 6.45) is 3.57. The number of rotatable bonds is 10. The molecule has 0 saturated heterocycles. The molecule has 0 radical (unpaired) electrons. The third-order valence-electron chi connectivity index (χ3n) is 5.15. The van der Waals surface area contributed by atoms with Crippen LogP contribution in [0.3, 0.4) is 0 Å². The van der Waals surface area contributed by atoms with Crippen LogP contribution in [0.1, 0.15) is 6.92 Å². The molecule has 11 heteroatoms. The van der Waals surface area contributed by atoms with E-state index >= 15 is 0 Å². The van der Waals surface area contributed by atoms with Gasteiger partial charge in [-0.05, 0) is 18.2 Å². The summed E-state index contributed by atoms with van der Waals surface area (Å²) in [7, 11) is 3.08. The van der Waals surface area contributed by atoms with Gasteiger partial charge in [0, 0.05) is 49.4 Å². The van der Waals surface area contributed by atoms with Crippen LogP contribution in [-0.4, -0.2) is 54.9 Å². The first-order valence-corrected chi connectivity index (χ1v) is 11.2. The van der Waals surface area contributed by atoms with Gasteiger partial charge in [-0.3, -0.25) is 14.4 Å². The molecule has 1 aromatic heterocycles. The zero-order valence-electron chi connectivity index (χ0n) is 20.4. The fourth-order valence-corrected chi connectivity index (χ4v) is 3.48. The van der Waals surface area contributed by atoms with Gasteiger partial charge in [0.1, 0.15) is 24.5 Å². The second-order valence-electron chi connectivity index (χ2n) is 7.81. The lowest BCUT2D eigenvalue weighted by Gasteiger charge is -2.16. The summed E-state index contributed by atoms with van der Waals surface area (Å²) in [5, 5.41) is 6.10. The Morgan fingerprint density at radius 1 is 0.973 bits per heavy atom. The van der Waals surface area contributed by atoms with Crippen LogP contribution in [0.4, 0.5) is 11.5 Å². The molecule has 0 fully saturated rings. The van der Waals surface area contributed by atoms with Gasteiger partial charge in [0.25, 0.3) is 0 Å². The summed E-state index contributed by atoms with van der Waals surface area (Å²) in [6.45, 7) is 2.11. The summed E-state index contributed by atoms with van der Waals surface area (Å²) in [5.74, 6) is 0.125. The highest BCUT2D eigenvalue weighted by molar-refractivity contribution is 6.20. The van der Waals surface area contributed by atoms with Crippen molar-refractivity contribution in [1.29, 1.82) is 0 Å². The highest BCUT2D eigenvalue weighted by atomic mass is 16.5. The number of nitrogens with one attached hydrogen (secondary N) is 2. The number of benzene rings is 2. The van der Waals surface area contributed by atoms with Crippen molar-refractivity contribution >= 4 is 39.9 Å². The van der Waals surface area contributed by atoms with E-state index < -0.39 is 11.6 Å². The van der Waals surface area contributed by atoms with Crippen molar-refractivity contribution < 1.29 is 33.3 Å². The first kappa shape index (κ1) is 25.3. The van der Waals surface area contributed by atoms with E-state index in [1.807, 2.05) is 0 Å². The van der Waals surface area contributed by atoms with Crippen LogP contribution in [0.15, 0.2) is 66.3 Å². The lowest BCUT2D eigenvalue weighted by atomic mass is 10.1. The summed E-state index contributed by atoms with van der Waals surface area (Å²) < 4.78 is 21.8. The van der Waals surface area contributed by atoms with Gasteiger partial charge in [0.2, 0.25) is 17.5 Å². The number of hydrogen-bond donors (Lipinski definition) is 2. The second kappa shape index (κ2) is 11.3. The molecule has 4 rings (SSSR count). The van der Waals surface area contributed by atoms with Crippen molar-refractivity contribution in [1.82, 2.24) is 9.97 Å². The molecule has 190 valence electrons. The monoisotopic (exact) mass is 504 g/mol. The molecule has 37 heavy (non-hydrogen) atoms. The molecule has 0 atom stereocenters. The molecular formula is C26H24N4O7. The van der Waals surface area contributed by atoms with Gasteiger partial charge in [-0.2, -0.15) is 0 Å². The van der Waals surface area contributed by atoms with E-state index in [4.69, 9.17) is 18.9 Å². The van der Waals surface area contributed by atoms with Gasteiger partial charge in [0.05, 0.1) is 24.9 Å². The van der Waals surface area contributed by atoms with Crippen LogP contribution in [0.5, 0.6) is 17.2 Å². The fraction of sp³-hybridized carbons (Fsp3) is 0.192. The molecule has 0 aliphatic heterocycles. The Hall–Kier alpha value is -4.77. The number of hydrogen-bond acceptors (Lipinski definition) is 10. The van der Waals surface area contributed by atoms with Crippen LogP contribution in [-0.2, 0) is 19.1 Å². The number of anilines is 2. The van der Waals surface area contributed by atoms with Crippen molar-refractivity contribution in [2.45, 2.75) is 6.92 Å². The Labute approximate surface area is 212 Å². The maximum atomic E-state index is 12.8. The lowest BCUT2D eigenvalue weighted by Crippen LogP contribution is -2.21. The molecule has 11 nitrogen and oxygen atoms in total. The number of allylic oxidation sites excluding steroid dienone is 2. The van der Waals surface area contributed by atoms with E-state index in [1.54, 1.807) is 43.5 Å². The number of aromatic nitrogens is 2. The number of nitrogens with zero attached hydrogens (tertiary/aromatic N) is 2. The molecule has 0 spiro atoms. The minimum atomic E-state index is -0.517. The molecular weight excluding hydrogens is 480 g/mol. The highest BCUT2D eigenvalue weighted by Gasteiger charge is 2.23. The van der Waals surface area contributed by atoms with E-state index in [0.717, 1.165) is 12.2 Å². The normalized spacial score (nSPS) is 13.1. The van der Waals surface area contributed by atoms with E-state index in [9.17, 15) is 14.4 Å². The third kappa shape index (κ3) is 6.08. The van der Waals surface area contributed by atoms with Crippen LogP contribution in [0.25, 0.3) is 10.9 Å². The molecule has 0 unspecified atom stereocenters. The maximum absolute atomic E-state index is 12.8. The van der Waals surface area contributed by atoms with Crippen LogP contribution in [0, 0.1) is 0 Å². The van der Waals surface area contributed by atoms with E-state index in [2.05, 4.69) is 20.6 Å². The number of amides is 1. The van der Waals surface area contributed by atoms with Crippen molar-refractivity contribution in [3.63, 3.8) is 0 Å². The minimum absolute atomic E-state index is 0.0173. The van der Waals surface area contributed by atoms with Gasteiger partial charge in [0.15, 0.2) is 17.3 Å². The first-order chi connectivity index (χ1) is 17.9. The average molecular weight is 504 g/mol. The average Bonchev–Trinajstić information content (AvgIpc) is 2.86. The van der Waals surface area contributed by atoms with Crippen LogP contribution >= 0.6 is 0 Å². The second-order valence-corrected chi connectivity index (χ2v) is 7.81. The van der Waals surface area contributed by atoms with Gasteiger partial charge in [-0.15, -0.1) is 0 Å². The van der Waals surface area contributed by atoms with Crippen molar-refractivity contribution in [3.8, 4) is 17.2 Å². The topological polar surface area (TPSA) is 138 Å². The Bertz CT molecular complexity index is 1430. The van der Waals surface area contributed by atoms with E-state index in [0.29, 0.717) is 52.9 Å². The Morgan fingerprint density at radius 2 is 1.81 bits per heavy atom. The largest absolute Gasteiger partial charge is 0.493 e. The van der Waals surface area contributed by atoms with E-state index in [-0.39, 0.29) is 17.4 Å². The van der Waals surface area contributed by atoms with Crippen molar-refractivity contribution in [2.75, 3.05) is 38.1 Å². The zero-order valence-corrected chi connectivity index (χ0v) is 20.4. The quantitative estimate of drug-likeness (QED) is 0.313. The standard InChI is InChI=1S/C26H24N4O7/c1-15(31)29-16-5-4-6-17(9-16)37-23-13-21(32)20(11-22(23)33)30-26-18-10-24(35-3)25(36-8-7-34-2)12-19(18)27-14-28-26/h4-6,9-14H,7-8H2,1-3H3,(H,29,31)(H,27,28,30). The van der Waals surface area contributed by atoms with Crippen LogP contribution in [0.2, 0.25) is 0 Å². The van der Waals surface area contributed by atoms with Crippen molar-refractivity contribution in [3.05, 3.63) is 66.3 Å². The smallest absolute Gasteiger partial charge is 0.223 e. The highest BCUT2D eigenvalue weighted by Crippen LogP contribution is 2.34. The third-order valence-corrected chi connectivity index (χ3v) is 5.15. The SMILES string of the molecule is COCCOc1cc2ncnc(NC3=CC(=O)C(Oc4cccc(NC(C)=O)c4)=CC3=O)c2cc1OC. The molecule has 2 aromatic carbocycles. The Morgan fingerprint density at radius 3 is 2.57 bits per heavy atom. The van der Waals surface area contributed by atoms with Crippen molar-refractivity contribution in [2.24, 2.45) is 0 Å². The number of ether oxygens (including phenoxy) is 4. The zero-order chi connectivity index (χ0) is 26.4. The summed E-state index contributed by atoms with van der Waals surface area (Å²) >= 11 is 0.